The molecule has 2 atom stereocenters. The van der Waals surface area contributed by atoms with Crippen LogP contribution in [0.2, 0.25) is 0 Å². The zero-order chi connectivity index (χ0) is 7.98. The maximum Gasteiger partial charge on any atom is 0.0555 e. The lowest BCUT2D eigenvalue weighted by Gasteiger charge is -2.14. The summed E-state index contributed by atoms with van der Waals surface area (Å²) in [5.41, 5.74) is 0. The Balaban J connectivity index is 3.13. The fraction of sp³-hybridized carbons (Fsp3) is 1.00. The first-order valence-corrected chi connectivity index (χ1v) is 3.68. The van der Waals surface area contributed by atoms with E-state index in [1.54, 1.807) is 6.92 Å². The number of hydrogen-bond donors (Lipinski definition) is 3. The van der Waals surface area contributed by atoms with Gasteiger partial charge in [0.1, 0.15) is 0 Å². The minimum Gasteiger partial charge on any atom is -0.395 e. The third-order valence-corrected chi connectivity index (χ3v) is 1.58. The Morgan fingerprint density at radius 2 is 2.00 bits per heavy atom. The van der Waals surface area contributed by atoms with Crippen molar-refractivity contribution in [1.82, 2.24) is 5.32 Å². The normalized spacial score (nSPS) is 16.8. The van der Waals surface area contributed by atoms with Crippen LogP contribution in [0.5, 0.6) is 0 Å². The fourth-order valence-electron chi connectivity index (χ4n) is 0.579. The molecule has 0 aliphatic heterocycles. The van der Waals surface area contributed by atoms with E-state index in [-0.39, 0.29) is 18.6 Å². The highest BCUT2D eigenvalue weighted by atomic mass is 16.3. The van der Waals surface area contributed by atoms with E-state index in [1.165, 1.54) is 0 Å². The number of rotatable bonds is 5. The highest BCUT2D eigenvalue weighted by Crippen LogP contribution is 1.98. The number of aliphatic hydroxyl groups excluding tert-OH is 2. The number of aliphatic hydroxyl groups is 2. The summed E-state index contributed by atoms with van der Waals surface area (Å²) in [5.74, 6) is 0.256. The van der Waals surface area contributed by atoms with Crippen LogP contribution in [-0.4, -0.2) is 36.0 Å². The topological polar surface area (TPSA) is 52.5 Å². The largest absolute Gasteiger partial charge is 0.395 e. The molecule has 0 aliphatic rings. The molecule has 3 nitrogen and oxygen atoms in total. The number of nitrogens with one attached hydrogen (secondary N) is 1. The van der Waals surface area contributed by atoms with Crippen molar-refractivity contribution in [1.29, 1.82) is 0 Å². The van der Waals surface area contributed by atoms with Gasteiger partial charge in [0.15, 0.2) is 0 Å². The molecule has 0 fully saturated rings. The second kappa shape index (κ2) is 5.65. The molecule has 0 aromatic carbocycles. The van der Waals surface area contributed by atoms with Gasteiger partial charge >= 0.3 is 0 Å². The first kappa shape index (κ1) is 9.88. The minimum absolute atomic E-state index is 0.159. The van der Waals surface area contributed by atoms with Crippen molar-refractivity contribution in [3.05, 3.63) is 0 Å². The summed E-state index contributed by atoms with van der Waals surface area (Å²) in [4.78, 5) is 0. The molecule has 0 aromatic heterocycles. The van der Waals surface area contributed by atoms with Crippen LogP contribution >= 0.6 is 0 Å². The minimum atomic E-state index is -0.272. The van der Waals surface area contributed by atoms with Gasteiger partial charge < -0.3 is 15.5 Å². The van der Waals surface area contributed by atoms with E-state index in [0.717, 1.165) is 6.54 Å². The molecule has 0 heterocycles. The molecular formula is C7H17NO2. The maximum absolute atomic E-state index is 9.02. The average Bonchev–Trinajstić information content (AvgIpc) is 1.88. The van der Waals surface area contributed by atoms with Gasteiger partial charge in [-0.1, -0.05) is 6.92 Å². The van der Waals surface area contributed by atoms with Gasteiger partial charge in [0.05, 0.1) is 12.7 Å². The highest BCUT2D eigenvalue weighted by Gasteiger charge is 2.06. The first-order chi connectivity index (χ1) is 4.68. The van der Waals surface area contributed by atoms with E-state index >= 15 is 0 Å². The predicted molar refractivity (Wildman–Crippen MR) is 40.8 cm³/mol. The zero-order valence-corrected chi connectivity index (χ0v) is 6.67. The monoisotopic (exact) mass is 147 g/mol. The molecular weight excluding hydrogens is 130 g/mol. The first-order valence-electron chi connectivity index (χ1n) is 3.68. The van der Waals surface area contributed by atoms with Crippen LogP contribution in [0.4, 0.5) is 0 Å². The van der Waals surface area contributed by atoms with Crippen molar-refractivity contribution in [2.45, 2.75) is 20.0 Å². The van der Waals surface area contributed by atoms with Gasteiger partial charge in [-0.2, -0.15) is 0 Å². The fourth-order valence-corrected chi connectivity index (χ4v) is 0.579. The van der Waals surface area contributed by atoms with Crippen LogP contribution in [0.25, 0.3) is 0 Å². The molecule has 0 amide bonds. The van der Waals surface area contributed by atoms with Crippen LogP contribution in [0, 0.1) is 5.92 Å². The molecule has 3 heteroatoms. The summed E-state index contributed by atoms with van der Waals surface area (Å²) >= 11 is 0. The Kier molecular flexibility index (Phi) is 5.58. The molecule has 3 N–H and O–H groups in total. The van der Waals surface area contributed by atoms with Crippen molar-refractivity contribution >= 4 is 0 Å². The van der Waals surface area contributed by atoms with Gasteiger partial charge in [0.25, 0.3) is 0 Å². The lowest BCUT2D eigenvalue weighted by Crippen LogP contribution is -2.29. The Hall–Kier alpha value is -0.120. The van der Waals surface area contributed by atoms with E-state index in [2.05, 4.69) is 5.32 Å². The van der Waals surface area contributed by atoms with E-state index in [0.29, 0.717) is 6.54 Å². The van der Waals surface area contributed by atoms with Crippen LogP contribution < -0.4 is 5.32 Å². The SMILES string of the molecule is CC(O)C(C)CNCCO. The quantitative estimate of drug-likeness (QED) is 0.463. The predicted octanol–water partition coefficient (Wildman–Crippen LogP) is -0.415. The van der Waals surface area contributed by atoms with E-state index in [9.17, 15) is 0 Å². The number of hydrogen-bond acceptors (Lipinski definition) is 3. The van der Waals surface area contributed by atoms with Crippen LogP contribution in [-0.2, 0) is 0 Å². The zero-order valence-electron chi connectivity index (χ0n) is 6.67. The molecule has 0 aliphatic carbocycles. The summed E-state index contributed by atoms with van der Waals surface area (Å²) in [6.07, 6.45) is -0.272. The van der Waals surface area contributed by atoms with Crippen LogP contribution in [0.1, 0.15) is 13.8 Å². The molecule has 0 saturated heterocycles. The molecule has 0 bridgehead atoms. The van der Waals surface area contributed by atoms with Gasteiger partial charge in [-0.15, -0.1) is 0 Å². The second-order valence-electron chi connectivity index (χ2n) is 2.65. The third-order valence-electron chi connectivity index (χ3n) is 1.58. The van der Waals surface area contributed by atoms with Crippen LogP contribution in [0.15, 0.2) is 0 Å². The van der Waals surface area contributed by atoms with Gasteiger partial charge in [-0.25, -0.2) is 0 Å². The molecule has 0 rings (SSSR count). The lowest BCUT2D eigenvalue weighted by molar-refractivity contribution is 0.133. The van der Waals surface area contributed by atoms with E-state index in [4.69, 9.17) is 10.2 Å². The van der Waals surface area contributed by atoms with Crippen molar-refractivity contribution in [3.63, 3.8) is 0 Å². The van der Waals surface area contributed by atoms with Crippen molar-refractivity contribution in [2.75, 3.05) is 19.7 Å². The Morgan fingerprint density at radius 3 is 2.40 bits per heavy atom. The summed E-state index contributed by atoms with van der Waals surface area (Å²) < 4.78 is 0. The maximum atomic E-state index is 9.02. The van der Waals surface area contributed by atoms with Crippen molar-refractivity contribution in [2.24, 2.45) is 5.92 Å². The van der Waals surface area contributed by atoms with Gasteiger partial charge in [-0.3, -0.25) is 0 Å². The Morgan fingerprint density at radius 1 is 1.40 bits per heavy atom. The highest BCUT2D eigenvalue weighted by molar-refractivity contribution is 4.61. The summed E-state index contributed by atoms with van der Waals surface area (Å²) in [6, 6.07) is 0. The molecule has 0 aromatic rings. The van der Waals surface area contributed by atoms with E-state index in [1.807, 2.05) is 6.92 Å². The Bertz CT molecular complexity index is 76.0. The smallest absolute Gasteiger partial charge is 0.0555 e. The molecule has 0 spiro atoms. The van der Waals surface area contributed by atoms with Gasteiger partial charge in [0.2, 0.25) is 0 Å². The van der Waals surface area contributed by atoms with Crippen molar-refractivity contribution < 1.29 is 10.2 Å². The summed E-state index contributed by atoms with van der Waals surface area (Å²) in [7, 11) is 0. The second-order valence-corrected chi connectivity index (χ2v) is 2.65. The standard InChI is InChI=1S/C7H17NO2/c1-6(7(2)10)5-8-3-4-9/h6-10H,3-5H2,1-2H3. The van der Waals surface area contributed by atoms with Crippen LogP contribution in [0.3, 0.4) is 0 Å². The molecule has 10 heavy (non-hydrogen) atoms. The lowest BCUT2D eigenvalue weighted by atomic mass is 10.1. The molecule has 62 valence electrons. The van der Waals surface area contributed by atoms with Gasteiger partial charge in [-0.05, 0) is 12.8 Å². The summed E-state index contributed by atoms with van der Waals surface area (Å²) in [6.45, 7) is 5.27. The van der Waals surface area contributed by atoms with E-state index < -0.39 is 0 Å². The molecule has 0 radical (unpaired) electrons. The Labute approximate surface area is 62.1 Å². The molecule has 2 unspecified atom stereocenters. The summed E-state index contributed by atoms with van der Waals surface area (Å²) in [5, 5.41) is 20.4. The van der Waals surface area contributed by atoms with Crippen molar-refractivity contribution in [3.8, 4) is 0 Å². The van der Waals surface area contributed by atoms with Gasteiger partial charge in [0, 0.05) is 13.1 Å². The molecule has 0 saturated carbocycles. The average molecular weight is 147 g/mol. The third kappa shape index (κ3) is 4.73.